The van der Waals surface area contributed by atoms with Crippen molar-refractivity contribution in [1.29, 1.82) is 0 Å². The molecule has 3 heteroatoms. The van der Waals surface area contributed by atoms with E-state index in [1.54, 1.807) is 12.1 Å². The van der Waals surface area contributed by atoms with Crippen molar-refractivity contribution in [3.63, 3.8) is 0 Å². The lowest BCUT2D eigenvalue weighted by molar-refractivity contribution is 0.242. The molecular formula is C16H19NO2. The van der Waals surface area contributed by atoms with E-state index in [2.05, 4.69) is 5.32 Å². The first-order chi connectivity index (χ1) is 9.13. The molecule has 0 aliphatic carbocycles. The molecular weight excluding hydrogens is 238 g/mol. The van der Waals surface area contributed by atoms with Crippen LogP contribution < -0.4 is 10.1 Å². The SMILES string of the molecule is CC(C)Oc1ccc(NCc2cccc(O)c2)cc1. The van der Waals surface area contributed by atoms with Crippen LogP contribution in [0, 0.1) is 0 Å². The molecule has 0 atom stereocenters. The fraction of sp³-hybridized carbons (Fsp3) is 0.250. The average molecular weight is 257 g/mol. The summed E-state index contributed by atoms with van der Waals surface area (Å²) in [6.45, 7) is 4.70. The molecule has 0 aliphatic heterocycles. The fourth-order valence-electron chi connectivity index (χ4n) is 1.79. The summed E-state index contributed by atoms with van der Waals surface area (Å²) in [5.74, 6) is 1.16. The number of rotatable bonds is 5. The van der Waals surface area contributed by atoms with Crippen LogP contribution >= 0.6 is 0 Å². The van der Waals surface area contributed by atoms with Gasteiger partial charge in [-0.1, -0.05) is 12.1 Å². The van der Waals surface area contributed by atoms with Crippen LogP contribution in [0.4, 0.5) is 5.69 Å². The summed E-state index contributed by atoms with van der Waals surface area (Å²) in [5, 5.41) is 12.7. The van der Waals surface area contributed by atoms with E-state index in [0.717, 1.165) is 17.0 Å². The maximum absolute atomic E-state index is 9.39. The summed E-state index contributed by atoms with van der Waals surface area (Å²) in [7, 11) is 0. The Morgan fingerprint density at radius 2 is 1.84 bits per heavy atom. The molecule has 0 saturated heterocycles. The second-order valence-corrected chi connectivity index (χ2v) is 4.71. The number of phenolic OH excluding ortho intramolecular Hbond substituents is 1. The zero-order valence-electron chi connectivity index (χ0n) is 11.3. The Labute approximate surface area is 113 Å². The van der Waals surface area contributed by atoms with Crippen molar-refractivity contribution in [2.24, 2.45) is 0 Å². The molecule has 0 amide bonds. The van der Waals surface area contributed by atoms with Gasteiger partial charge in [0.25, 0.3) is 0 Å². The lowest BCUT2D eigenvalue weighted by Gasteiger charge is -2.11. The maximum atomic E-state index is 9.39. The summed E-state index contributed by atoms with van der Waals surface area (Å²) >= 11 is 0. The molecule has 0 heterocycles. The highest BCUT2D eigenvalue weighted by Crippen LogP contribution is 2.18. The smallest absolute Gasteiger partial charge is 0.119 e. The molecule has 0 bridgehead atoms. The largest absolute Gasteiger partial charge is 0.508 e. The van der Waals surface area contributed by atoms with Crippen LogP contribution in [0.15, 0.2) is 48.5 Å². The summed E-state index contributed by atoms with van der Waals surface area (Å²) in [4.78, 5) is 0. The number of phenols is 1. The molecule has 0 fully saturated rings. The molecule has 0 saturated carbocycles. The van der Waals surface area contributed by atoms with Gasteiger partial charge in [0.15, 0.2) is 0 Å². The van der Waals surface area contributed by atoms with Gasteiger partial charge in [0.1, 0.15) is 11.5 Å². The Bertz CT molecular complexity index is 521. The van der Waals surface area contributed by atoms with E-state index in [1.807, 2.05) is 50.2 Å². The quantitative estimate of drug-likeness (QED) is 0.856. The van der Waals surface area contributed by atoms with Crippen molar-refractivity contribution in [2.45, 2.75) is 26.5 Å². The molecule has 0 aliphatic rings. The Morgan fingerprint density at radius 3 is 2.47 bits per heavy atom. The predicted octanol–water partition coefficient (Wildman–Crippen LogP) is 3.79. The minimum Gasteiger partial charge on any atom is -0.508 e. The van der Waals surface area contributed by atoms with E-state index in [4.69, 9.17) is 4.74 Å². The molecule has 2 aromatic carbocycles. The second kappa shape index (κ2) is 6.14. The van der Waals surface area contributed by atoms with Crippen LogP contribution in [0.5, 0.6) is 11.5 Å². The van der Waals surface area contributed by atoms with Crippen LogP contribution in [0.1, 0.15) is 19.4 Å². The molecule has 100 valence electrons. The third-order valence-corrected chi connectivity index (χ3v) is 2.63. The summed E-state index contributed by atoms with van der Waals surface area (Å²) in [5.41, 5.74) is 2.07. The topological polar surface area (TPSA) is 41.5 Å². The Morgan fingerprint density at radius 1 is 1.11 bits per heavy atom. The highest BCUT2D eigenvalue weighted by atomic mass is 16.5. The number of benzene rings is 2. The zero-order chi connectivity index (χ0) is 13.7. The molecule has 19 heavy (non-hydrogen) atoms. The van der Waals surface area contributed by atoms with Crippen LogP contribution in [-0.4, -0.2) is 11.2 Å². The van der Waals surface area contributed by atoms with Crippen LogP contribution in [0.25, 0.3) is 0 Å². The van der Waals surface area contributed by atoms with Crippen LogP contribution in [-0.2, 0) is 6.54 Å². The molecule has 0 spiro atoms. The second-order valence-electron chi connectivity index (χ2n) is 4.71. The van der Waals surface area contributed by atoms with Crippen molar-refractivity contribution in [3.05, 3.63) is 54.1 Å². The van der Waals surface area contributed by atoms with Gasteiger partial charge in [-0.15, -0.1) is 0 Å². The van der Waals surface area contributed by atoms with Gasteiger partial charge >= 0.3 is 0 Å². The summed E-state index contributed by atoms with van der Waals surface area (Å²) < 4.78 is 5.59. The summed E-state index contributed by atoms with van der Waals surface area (Å²) in [6.07, 6.45) is 0.186. The molecule has 2 aromatic rings. The van der Waals surface area contributed by atoms with Crippen LogP contribution in [0.2, 0.25) is 0 Å². The van der Waals surface area contributed by atoms with Gasteiger partial charge in [-0.3, -0.25) is 0 Å². The predicted molar refractivity (Wildman–Crippen MR) is 77.6 cm³/mol. The first-order valence-electron chi connectivity index (χ1n) is 6.42. The lowest BCUT2D eigenvalue weighted by Crippen LogP contribution is -2.05. The first-order valence-corrected chi connectivity index (χ1v) is 6.42. The lowest BCUT2D eigenvalue weighted by atomic mass is 10.2. The van der Waals surface area contributed by atoms with E-state index in [0.29, 0.717) is 12.3 Å². The van der Waals surface area contributed by atoms with Gasteiger partial charge < -0.3 is 15.2 Å². The van der Waals surface area contributed by atoms with Crippen LogP contribution in [0.3, 0.4) is 0 Å². The van der Waals surface area contributed by atoms with Crippen molar-refractivity contribution >= 4 is 5.69 Å². The van der Waals surface area contributed by atoms with Gasteiger partial charge in [0, 0.05) is 12.2 Å². The zero-order valence-corrected chi connectivity index (χ0v) is 11.3. The fourth-order valence-corrected chi connectivity index (χ4v) is 1.79. The third-order valence-electron chi connectivity index (χ3n) is 2.63. The van der Waals surface area contributed by atoms with E-state index >= 15 is 0 Å². The number of anilines is 1. The van der Waals surface area contributed by atoms with Crippen molar-refractivity contribution in [1.82, 2.24) is 0 Å². The molecule has 0 aromatic heterocycles. The van der Waals surface area contributed by atoms with E-state index in [-0.39, 0.29) is 6.10 Å². The van der Waals surface area contributed by atoms with Gasteiger partial charge in [-0.05, 0) is 55.8 Å². The summed E-state index contributed by atoms with van der Waals surface area (Å²) in [6, 6.07) is 15.1. The third kappa shape index (κ3) is 4.21. The van der Waals surface area contributed by atoms with Crippen molar-refractivity contribution in [2.75, 3.05) is 5.32 Å². The van der Waals surface area contributed by atoms with E-state index in [1.165, 1.54) is 0 Å². The molecule has 2 rings (SSSR count). The number of ether oxygens (including phenoxy) is 1. The Kier molecular flexibility index (Phi) is 4.29. The number of nitrogens with one attached hydrogen (secondary N) is 1. The number of aromatic hydroxyl groups is 1. The van der Waals surface area contributed by atoms with Crippen molar-refractivity contribution in [3.8, 4) is 11.5 Å². The van der Waals surface area contributed by atoms with E-state index in [9.17, 15) is 5.11 Å². The number of hydrogen-bond acceptors (Lipinski definition) is 3. The minimum absolute atomic E-state index is 0.186. The average Bonchev–Trinajstić information content (AvgIpc) is 2.37. The molecule has 0 unspecified atom stereocenters. The monoisotopic (exact) mass is 257 g/mol. The number of hydrogen-bond donors (Lipinski definition) is 2. The first kappa shape index (κ1) is 13.3. The van der Waals surface area contributed by atoms with Gasteiger partial charge in [0.05, 0.1) is 6.10 Å². The molecule has 0 radical (unpaired) electrons. The molecule has 3 nitrogen and oxygen atoms in total. The van der Waals surface area contributed by atoms with Crippen molar-refractivity contribution < 1.29 is 9.84 Å². The highest BCUT2D eigenvalue weighted by Gasteiger charge is 1.99. The Balaban J connectivity index is 1.93. The Hall–Kier alpha value is -2.16. The van der Waals surface area contributed by atoms with Gasteiger partial charge in [-0.25, -0.2) is 0 Å². The maximum Gasteiger partial charge on any atom is 0.119 e. The molecule has 2 N–H and O–H groups in total. The minimum atomic E-state index is 0.186. The van der Waals surface area contributed by atoms with Gasteiger partial charge in [-0.2, -0.15) is 0 Å². The van der Waals surface area contributed by atoms with E-state index < -0.39 is 0 Å². The standard InChI is InChI=1S/C16H19NO2/c1-12(2)19-16-8-6-14(7-9-16)17-11-13-4-3-5-15(18)10-13/h3-10,12,17-18H,11H2,1-2H3. The normalized spacial score (nSPS) is 10.5. The highest BCUT2D eigenvalue weighted by molar-refractivity contribution is 5.47. The van der Waals surface area contributed by atoms with Gasteiger partial charge in [0.2, 0.25) is 0 Å².